The van der Waals surface area contributed by atoms with E-state index in [9.17, 15) is 9.59 Å². The minimum atomic E-state index is -0.496. The van der Waals surface area contributed by atoms with Gasteiger partial charge in [0.1, 0.15) is 24.0 Å². The first kappa shape index (κ1) is 35.1. The van der Waals surface area contributed by atoms with Crippen molar-refractivity contribution in [2.24, 2.45) is 0 Å². The molecule has 0 amide bonds. The number of hydrogen-bond donors (Lipinski definition) is 0. The second-order valence-electron chi connectivity index (χ2n) is 12.4. The fourth-order valence-electron chi connectivity index (χ4n) is 6.16. The van der Waals surface area contributed by atoms with Crippen LogP contribution < -0.4 is 9.47 Å². The van der Waals surface area contributed by atoms with Crippen molar-refractivity contribution in [3.63, 3.8) is 0 Å². The molecule has 5 heteroatoms. The topological polar surface area (TPSA) is 61.8 Å². The Morgan fingerprint density at radius 1 is 0.444 bits per heavy atom. The molecule has 0 atom stereocenters. The highest BCUT2D eigenvalue weighted by Crippen LogP contribution is 2.47. The van der Waals surface area contributed by atoms with E-state index in [1.54, 1.807) is 13.8 Å². The van der Waals surface area contributed by atoms with Crippen LogP contribution in [0.25, 0.3) is 22.3 Å². The minimum Gasteiger partial charge on any atom is -0.461 e. The average molecular weight is 609 g/mol. The van der Waals surface area contributed by atoms with Crippen molar-refractivity contribution in [1.82, 2.24) is 0 Å². The average Bonchev–Trinajstić information content (AvgIpc) is 2.98. The molecule has 45 heavy (non-hydrogen) atoms. The Hall–Kier alpha value is -4.38. The van der Waals surface area contributed by atoms with E-state index in [4.69, 9.17) is 14.2 Å². The van der Waals surface area contributed by atoms with Gasteiger partial charge in [-0.1, -0.05) is 13.2 Å². The second kappa shape index (κ2) is 13.3. The molecular formula is C40H48O5. The van der Waals surface area contributed by atoms with Gasteiger partial charge in [0.15, 0.2) is 0 Å². The normalized spacial score (nSPS) is 11.2. The number of carbonyl (C=O) groups is 2. The second-order valence-corrected chi connectivity index (χ2v) is 12.4. The van der Waals surface area contributed by atoms with E-state index in [0.717, 1.165) is 50.3 Å². The minimum absolute atomic E-state index is 0.321. The Morgan fingerprint density at radius 3 is 1.04 bits per heavy atom. The highest BCUT2D eigenvalue weighted by atomic mass is 16.5. The van der Waals surface area contributed by atoms with Crippen molar-refractivity contribution < 1.29 is 23.8 Å². The number of rotatable bonds is 8. The third-order valence-electron chi connectivity index (χ3n) is 9.55. The highest BCUT2D eigenvalue weighted by molar-refractivity contribution is 5.91. The number of benzene rings is 3. The quantitative estimate of drug-likeness (QED) is 0.110. The number of carbonyl (C=O) groups excluding carboxylic acids is 2. The SMILES string of the molecule is C=C(C)C(=O)O/C=C/Oc1c(C)c(C)c(-c2c(C)c(C)c(-c3c(C)c(C)c(OC(=O)C(=C)C)c(C)c3C)c(C)c2C)c(C)c1C. The molecule has 0 bridgehead atoms. The van der Waals surface area contributed by atoms with E-state index in [1.165, 1.54) is 57.0 Å². The summed E-state index contributed by atoms with van der Waals surface area (Å²) in [5, 5.41) is 0. The van der Waals surface area contributed by atoms with Gasteiger partial charge in [0.25, 0.3) is 0 Å². The fraction of sp³-hybridized carbons (Fsp3) is 0.350. The van der Waals surface area contributed by atoms with Crippen molar-refractivity contribution in [2.75, 3.05) is 0 Å². The molecule has 0 aliphatic heterocycles. The van der Waals surface area contributed by atoms with E-state index in [2.05, 4.69) is 82.4 Å². The summed E-state index contributed by atoms with van der Waals surface area (Å²) >= 11 is 0. The van der Waals surface area contributed by atoms with Crippen LogP contribution in [0.4, 0.5) is 0 Å². The molecule has 3 aromatic carbocycles. The van der Waals surface area contributed by atoms with Crippen LogP contribution >= 0.6 is 0 Å². The molecule has 0 spiro atoms. The lowest BCUT2D eigenvalue weighted by Crippen LogP contribution is -2.12. The van der Waals surface area contributed by atoms with Crippen LogP contribution in [0.1, 0.15) is 80.6 Å². The lowest BCUT2D eigenvalue weighted by Gasteiger charge is -2.28. The molecule has 0 saturated carbocycles. The van der Waals surface area contributed by atoms with Crippen LogP contribution in [0, 0.1) is 83.1 Å². The maximum absolute atomic E-state index is 12.4. The van der Waals surface area contributed by atoms with Gasteiger partial charge in [-0.15, -0.1) is 0 Å². The number of ether oxygens (including phenoxy) is 3. The summed E-state index contributed by atoms with van der Waals surface area (Å²) < 4.78 is 16.9. The summed E-state index contributed by atoms with van der Waals surface area (Å²) in [4.78, 5) is 24.2. The molecule has 0 N–H and O–H groups in total. The van der Waals surface area contributed by atoms with Crippen molar-refractivity contribution in [3.8, 4) is 33.8 Å². The van der Waals surface area contributed by atoms with E-state index < -0.39 is 11.9 Å². The summed E-state index contributed by atoms with van der Waals surface area (Å²) in [5.41, 5.74) is 18.9. The van der Waals surface area contributed by atoms with Crippen molar-refractivity contribution in [1.29, 1.82) is 0 Å². The van der Waals surface area contributed by atoms with Crippen LogP contribution in [0.3, 0.4) is 0 Å². The molecule has 0 saturated heterocycles. The van der Waals surface area contributed by atoms with Gasteiger partial charge >= 0.3 is 11.9 Å². The third kappa shape index (κ3) is 6.26. The number of hydrogen-bond acceptors (Lipinski definition) is 5. The Bertz CT molecular complexity index is 1730. The Labute approximate surface area is 269 Å². The molecule has 3 rings (SSSR count). The molecule has 0 aliphatic carbocycles. The van der Waals surface area contributed by atoms with Gasteiger partial charge in [-0.2, -0.15) is 0 Å². The summed E-state index contributed by atoms with van der Waals surface area (Å²) in [6, 6.07) is 0. The predicted molar refractivity (Wildman–Crippen MR) is 185 cm³/mol. The Balaban J connectivity index is 2.24. The monoisotopic (exact) mass is 608 g/mol. The third-order valence-corrected chi connectivity index (χ3v) is 9.55. The Kier molecular flexibility index (Phi) is 10.4. The molecule has 0 aliphatic rings. The molecule has 0 unspecified atom stereocenters. The fourth-order valence-corrected chi connectivity index (χ4v) is 6.16. The molecule has 0 aromatic heterocycles. The van der Waals surface area contributed by atoms with Gasteiger partial charge in [0.05, 0.1) is 0 Å². The van der Waals surface area contributed by atoms with Crippen LogP contribution in [-0.4, -0.2) is 11.9 Å². The van der Waals surface area contributed by atoms with Gasteiger partial charge in [0.2, 0.25) is 0 Å². The smallest absolute Gasteiger partial charge is 0.338 e. The van der Waals surface area contributed by atoms with Gasteiger partial charge in [-0.3, -0.25) is 0 Å². The van der Waals surface area contributed by atoms with Crippen LogP contribution in [-0.2, 0) is 14.3 Å². The molecule has 5 nitrogen and oxygen atoms in total. The van der Waals surface area contributed by atoms with Gasteiger partial charge < -0.3 is 14.2 Å². The zero-order chi connectivity index (χ0) is 34.2. The zero-order valence-electron chi connectivity index (χ0n) is 29.6. The standard InChI is InChI=1S/C40H48O5/c1-19(2)39(41)44-18-17-43-37-29(13)25(9)35(26(10)30(37)14)33-21(5)23(7)34(24(8)22(33)6)36-27(11)31(15)38(32(16)28(36)12)45-40(42)20(3)4/h17-18H,1,3H2,2,4-16H3/b18-17+. The molecule has 3 aromatic rings. The highest BCUT2D eigenvalue weighted by Gasteiger charge is 2.26. The number of esters is 2. The molecule has 238 valence electrons. The van der Waals surface area contributed by atoms with Crippen LogP contribution in [0.5, 0.6) is 11.5 Å². The summed E-state index contributed by atoms with van der Waals surface area (Å²) in [7, 11) is 0. The first-order valence-corrected chi connectivity index (χ1v) is 15.2. The largest absolute Gasteiger partial charge is 0.461 e. The van der Waals surface area contributed by atoms with E-state index in [0.29, 0.717) is 16.9 Å². The maximum Gasteiger partial charge on any atom is 0.338 e. The van der Waals surface area contributed by atoms with Gasteiger partial charge in [0, 0.05) is 11.1 Å². The van der Waals surface area contributed by atoms with Crippen molar-refractivity contribution in [2.45, 2.75) is 96.9 Å². The zero-order valence-corrected chi connectivity index (χ0v) is 29.6. The Morgan fingerprint density at radius 2 is 0.733 bits per heavy atom. The van der Waals surface area contributed by atoms with E-state index in [1.807, 2.05) is 13.8 Å². The van der Waals surface area contributed by atoms with Crippen molar-refractivity contribution in [3.05, 3.63) is 104 Å². The van der Waals surface area contributed by atoms with E-state index >= 15 is 0 Å². The first-order chi connectivity index (χ1) is 20.9. The molecule has 0 heterocycles. The molecule has 0 fully saturated rings. The van der Waals surface area contributed by atoms with Crippen LogP contribution in [0.15, 0.2) is 36.8 Å². The lowest BCUT2D eigenvalue weighted by atomic mass is 9.77. The maximum atomic E-state index is 12.4. The predicted octanol–water partition coefficient (Wildman–Crippen LogP) is 10.2. The molecule has 0 radical (unpaired) electrons. The summed E-state index contributed by atoms with van der Waals surface area (Å²) in [6.07, 6.45) is 2.65. The first-order valence-electron chi connectivity index (χ1n) is 15.2. The van der Waals surface area contributed by atoms with Crippen molar-refractivity contribution >= 4 is 11.9 Å². The molecular weight excluding hydrogens is 560 g/mol. The van der Waals surface area contributed by atoms with Crippen LogP contribution in [0.2, 0.25) is 0 Å². The summed E-state index contributed by atoms with van der Waals surface area (Å²) in [5.74, 6) is 0.460. The van der Waals surface area contributed by atoms with Gasteiger partial charge in [-0.05, 0) is 186 Å². The summed E-state index contributed by atoms with van der Waals surface area (Å²) in [6.45, 7) is 36.1. The van der Waals surface area contributed by atoms with Gasteiger partial charge in [-0.25, -0.2) is 9.59 Å². The van der Waals surface area contributed by atoms with E-state index in [-0.39, 0.29) is 0 Å². The lowest BCUT2D eigenvalue weighted by molar-refractivity contribution is -0.133.